The SMILES string of the molecule is Clc1cccc(-c2c3ccccc3[c-]3ccccc23)c1. The van der Waals surface area contributed by atoms with E-state index >= 15 is 0 Å². The van der Waals surface area contributed by atoms with Crippen LogP contribution in [0.5, 0.6) is 0 Å². The van der Waals surface area contributed by atoms with E-state index in [1.54, 1.807) is 0 Å². The molecule has 0 spiro atoms. The van der Waals surface area contributed by atoms with Crippen molar-refractivity contribution in [3.8, 4) is 11.1 Å². The van der Waals surface area contributed by atoms with Crippen molar-refractivity contribution in [3.05, 3.63) is 77.8 Å². The second-order valence-electron chi connectivity index (χ2n) is 4.98. The maximum atomic E-state index is 6.16. The molecule has 0 saturated heterocycles. The standard InChI is InChI=1S/C19H12Cl/c20-14-7-5-6-13(12-14)19-17-10-3-1-8-15(17)16-9-2-4-11-18(16)19/h1-12H/q-1. The van der Waals surface area contributed by atoms with Crippen LogP contribution in [-0.2, 0) is 0 Å². The summed E-state index contributed by atoms with van der Waals surface area (Å²) in [7, 11) is 0. The van der Waals surface area contributed by atoms with Gasteiger partial charge < -0.3 is 0 Å². The Hall–Kier alpha value is -2.18. The van der Waals surface area contributed by atoms with E-state index in [2.05, 4.69) is 54.6 Å². The van der Waals surface area contributed by atoms with Gasteiger partial charge in [0.15, 0.2) is 0 Å². The summed E-state index contributed by atoms with van der Waals surface area (Å²) in [5.74, 6) is 0. The lowest BCUT2D eigenvalue weighted by molar-refractivity contribution is 1.69. The Balaban J connectivity index is 2.21. The molecule has 96 valence electrons. The molecule has 0 atom stereocenters. The van der Waals surface area contributed by atoms with E-state index in [1.165, 1.54) is 32.7 Å². The van der Waals surface area contributed by atoms with Crippen LogP contribution in [0.3, 0.4) is 0 Å². The fraction of sp³-hybridized carbons (Fsp3) is 0. The van der Waals surface area contributed by atoms with Crippen molar-refractivity contribution >= 4 is 33.1 Å². The molecule has 4 aromatic rings. The van der Waals surface area contributed by atoms with E-state index in [9.17, 15) is 0 Å². The van der Waals surface area contributed by atoms with E-state index in [-0.39, 0.29) is 0 Å². The molecular weight excluding hydrogens is 264 g/mol. The summed E-state index contributed by atoms with van der Waals surface area (Å²) in [6.45, 7) is 0. The Morgan fingerprint density at radius 3 is 2.45 bits per heavy atom. The van der Waals surface area contributed by atoms with Crippen LogP contribution in [0.4, 0.5) is 0 Å². The van der Waals surface area contributed by atoms with Gasteiger partial charge in [-0.2, -0.15) is 0 Å². The van der Waals surface area contributed by atoms with Crippen molar-refractivity contribution < 1.29 is 0 Å². The van der Waals surface area contributed by atoms with Gasteiger partial charge in [-0.25, -0.2) is 0 Å². The van der Waals surface area contributed by atoms with Gasteiger partial charge in [-0.15, -0.1) is 30.3 Å². The Morgan fingerprint density at radius 1 is 0.750 bits per heavy atom. The quantitative estimate of drug-likeness (QED) is 0.372. The lowest BCUT2D eigenvalue weighted by Gasteiger charge is -2.07. The molecule has 0 fully saturated rings. The van der Waals surface area contributed by atoms with Crippen molar-refractivity contribution in [2.45, 2.75) is 0 Å². The van der Waals surface area contributed by atoms with Crippen LogP contribution in [0.2, 0.25) is 5.02 Å². The van der Waals surface area contributed by atoms with E-state index in [0.717, 1.165) is 5.02 Å². The van der Waals surface area contributed by atoms with Gasteiger partial charge in [-0.3, -0.25) is 0 Å². The third-order valence-electron chi connectivity index (χ3n) is 3.80. The van der Waals surface area contributed by atoms with Gasteiger partial charge >= 0.3 is 0 Å². The fourth-order valence-electron chi connectivity index (χ4n) is 2.97. The highest BCUT2D eigenvalue weighted by molar-refractivity contribution is 6.31. The first-order valence-electron chi connectivity index (χ1n) is 6.67. The second-order valence-corrected chi connectivity index (χ2v) is 5.41. The Labute approximate surface area is 122 Å². The summed E-state index contributed by atoms with van der Waals surface area (Å²) >= 11 is 6.16. The summed E-state index contributed by atoms with van der Waals surface area (Å²) in [4.78, 5) is 0. The highest BCUT2D eigenvalue weighted by atomic mass is 35.5. The predicted octanol–water partition coefficient (Wildman–Crippen LogP) is 6.03. The molecule has 4 rings (SSSR count). The van der Waals surface area contributed by atoms with Crippen molar-refractivity contribution in [2.75, 3.05) is 0 Å². The van der Waals surface area contributed by atoms with Crippen LogP contribution >= 0.6 is 11.6 Å². The predicted molar refractivity (Wildman–Crippen MR) is 87.5 cm³/mol. The maximum Gasteiger partial charge on any atom is 0.0406 e. The number of rotatable bonds is 1. The van der Waals surface area contributed by atoms with E-state index in [4.69, 9.17) is 11.6 Å². The maximum absolute atomic E-state index is 6.16. The first-order chi connectivity index (χ1) is 9.84. The van der Waals surface area contributed by atoms with Gasteiger partial charge in [0.05, 0.1) is 0 Å². The van der Waals surface area contributed by atoms with Crippen LogP contribution in [0, 0.1) is 0 Å². The minimum Gasteiger partial charge on any atom is -0.117 e. The van der Waals surface area contributed by atoms with Crippen LogP contribution in [-0.4, -0.2) is 0 Å². The molecule has 0 nitrogen and oxygen atoms in total. The zero-order valence-electron chi connectivity index (χ0n) is 10.8. The van der Waals surface area contributed by atoms with Crippen molar-refractivity contribution in [3.63, 3.8) is 0 Å². The molecule has 0 heterocycles. The first kappa shape index (κ1) is 11.6. The molecule has 1 heteroatoms. The number of halogens is 1. The molecule has 0 N–H and O–H groups in total. The number of fused-ring (bicyclic) bond motifs is 3. The summed E-state index contributed by atoms with van der Waals surface area (Å²) in [5, 5.41) is 5.96. The van der Waals surface area contributed by atoms with Gasteiger partial charge in [0.1, 0.15) is 0 Å². The number of hydrogen-bond acceptors (Lipinski definition) is 0. The van der Waals surface area contributed by atoms with Crippen molar-refractivity contribution in [1.82, 2.24) is 0 Å². The lowest BCUT2D eigenvalue weighted by atomic mass is 10.0. The average Bonchev–Trinajstić information content (AvgIpc) is 2.82. The molecule has 0 aromatic heterocycles. The lowest BCUT2D eigenvalue weighted by Crippen LogP contribution is -1.76. The second kappa shape index (κ2) is 4.43. The smallest absolute Gasteiger partial charge is 0.0406 e. The minimum absolute atomic E-state index is 0.775. The van der Waals surface area contributed by atoms with Crippen LogP contribution < -0.4 is 0 Å². The normalized spacial score (nSPS) is 11.2. The number of hydrogen-bond donors (Lipinski definition) is 0. The fourth-order valence-corrected chi connectivity index (χ4v) is 3.16. The molecule has 4 aromatic carbocycles. The molecule has 0 saturated carbocycles. The van der Waals surface area contributed by atoms with Gasteiger partial charge in [0.2, 0.25) is 0 Å². The van der Waals surface area contributed by atoms with Crippen molar-refractivity contribution in [2.24, 2.45) is 0 Å². The summed E-state index contributed by atoms with van der Waals surface area (Å²) in [6.07, 6.45) is 0. The third kappa shape index (κ3) is 1.65. The van der Waals surface area contributed by atoms with Crippen LogP contribution in [0.25, 0.3) is 32.7 Å². The molecule has 0 amide bonds. The molecule has 0 bridgehead atoms. The van der Waals surface area contributed by atoms with E-state index < -0.39 is 0 Å². The molecule has 0 aliphatic carbocycles. The van der Waals surface area contributed by atoms with Gasteiger partial charge in [0.25, 0.3) is 0 Å². The Kier molecular flexibility index (Phi) is 2.58. The average molecular weight is 276 g/mol. The summed E-state index contributed by atoms with van der Waals surface area (Å²) in [6, 6.07) is 25.2. The molecule has 0 unspecified atom stereocenters. The zero-order valence-corrected chi connectivity index (χ0v) is 11.6. The van der Waals surface area contributed by atoms with Gasteiger partial charge in [-0.1, -0.05) is 69.0 Å². The highest BCUT2D eigenvalue weighted by Gasteiger charge is 2.06. The minimum atomic E-state index is 0.775. The van der Waals surface area contributed by atoms with Gasteiger partial charge in [0, 0.05) is 5.02 Å². The summed E-state index contributed by atoms with van der Waals surface area (Å²) < 4.78 is 0. The van der Waals surface area contributed by atoms with Crippen LogP contribution in [0.1, 0.15) is 0 Å². The van der Waals surface area contributed by atoms with Crippen molar-refractivity contribution in [1.29, 1.82) is 0 Å². The monoisotopic (exact) mass is 275 g/mol. The molecule has 20 heavy (non-hydrogen) atoms. The Morgan fingerprint density at radius 2 is 1.55 bits per heavy atom. The molecular formula is C19H12Cl-. The van der Waals surface area contributed by atoms with E-state index in [0.29, 0.717) is 0 Å². The largest absolute Gasteiger partial charge is 0.117 e. The van der Waals surface area contributed by atoms with Gasteiger partial charge in [-0.05, 0) is 17.7 Å². The Bertz CT molecular complexity index is 862. The highest BCUT2D eigenvalue weighted by Crippen LogP contribution is 2.40. The number of benzene rings is 3. The summed E-state index contributed by atoms with van der Waals surface area (Å²) in [5.41, 5.74) is 2.45. The molecule has 0 aliphatic heterocycles. The third-order valence-corrected chi connectivity index (χ3v) is 4.03. The molecule has 0 aliphatic rings. The molecule has 0 radical (unpaired) electrons. The topological polar surface area (TPSA) is 0 Å². The van der Waals surface area contributed by atoms with Crippen LogP contribution in [0.15, 0.2) is 72.8 Å². The first-order valence-corrected chi connectivity index (χ1v) is 7.04. The zero-order chi connectivity index (χ0) is 13.5. The van der Waals surface area contributed by atoms with E-state index in [1.807, 2.05) is 18.2 Å².